The Morgan fingerprint density at radius 2 is 1.56 bits per heavy atom. The Morgan fingerprint density at radius 1 is 0.853 bits per heavy atom. The second-order valence-corrected chi connectivity index (χ2v) is 9.20. The molecule has 6 heteroatoms. The third kappa shape index (κ3) is 4.86. The lowest BCUT2D eigenvalue weighted by Gasteiger charge is -2.25. The van der Waals surface area contributed by atoms with Crippen LogP contribution < -0.4 is 10.6 Å². The number of amides is 2. The summed E-state index contributed by atoms with van der Waals surface area (Å²) >= 11 is 0. The third-order valence-corrected chi connectivity index (χ3v) is 6.67. The van der Waals surface area contributed by atoms with Crippen molar-refractivity contribution in [2.24, 2.45) is 11.8 Å². The molecule has 4 aromatic rings. The van der Waals surface area contributed by atoms with Crippen LogP contribution in [0.5, 0.6) is 0 Å². The van der Waals surface area contributed by atoms with E-state index >= 15 is 0 Å². The molecule has 1 saturated carbocycles. The second kappa shape index (κ2) is 9.51. The first-order valence-corrected chi connectivity index (χ1v) is 11.8. The largest absolute Gasteiger partial charge is 0.355 e. The van der Waals surface area contributed by atoms with Crippen LogP contribution in [0.1, 0.15) is 43.0 Å². The predicted molar refractivity (Wildman–Crippen MR) is 136 cm³/mol. The minimum Gasteiger partial charge on any atom is -0.355 e. The molecule has 2 aromatic carbocycles. The average Bonchev–Trinajstić information content (AvgIpc) is 3.29. The normalized spacial score (nSPS) is 17.9. The summed E-state index contributed by atoms with van der Waals surface area (Å²) in [5.41, 5.74) is 5.12. The van der Waals surface area contributed by atoms with Gasteiger partial charge in [0.25, 0.3) is 5.91 Å². The first-order valence-electron chi connectivity index (χ1n) is 11.8. The summed E-state index contributed by atoms with van der Waals surface area (Å²) in [5.74, 6) is 0.807. The van der Waals surface area contributed by atoms with E-state index in [9.17, 15) is 9.59 Å². The van der Waals surface area contributed by atoms with Crippen molar-refractivity contribution in [3.63, 3.8) is 0 Å². The Labute approximate surface area is 198 Å². The van der Waals surface area contributed by atoms with Crippen LogP contribution in [0, 0.1) is 11.8 Å². The molecular formula is C28H28N4O2. The van der Waals surface area contributed by atoms with Gasteiger partial charge in [-0.2, -0.15) is 0 Å². The number of hydrogen-bond acceptors (Lipinski definition) is 3. The molecule has 172 valence electrons. The van der Waals surface area contributed by atoms with Crippen molar-refractivity contribution in [2.75, 3.05) is 10.6 Å². The van der Waals surface area contributed by atoms with Crippen molar-refractivity contribution in [3.05, 3.63) is 78.6 Å². The van der Waals surface area contributed by atoms with E-state index in [0.29, 0.717) is 5.56 Å². The highest BCUT2D eigenvalue weighted by atomic mass is 16.2. The number of benzene rings is 2. The smallest absolute Gasteiger partial charge is 0.255 e. The second-order valence-electron chi connectivity index (χ2n) is 9.20. The molecule has 2 aromatic heterocycles. The van der Waals surface area contributed by atoms with E-state index in [4.69, 9.17) is 0 Å². The topological polar surface area (TPSA) is 86.9 Å². The summed E-state index contributed by atoms with van der Waals surface area (Å²) in [7, 11) is 0. The fourth-order valence-electron chi connectivity index (χ4n) is 4.57. The minimum atomic E-state index is -0.168. The number of pyridine rings is 1. The quantitative estimate of drug-likeness (QED) is 0.335. The molecule has 0 spiro atoms. The average molecular weight is 453 g/mol. The monoisotopic (exact) mass is 452 g/mol. The van der Waals surface area contributed by atoms with Crippen molar-refractivity contribution < 1.29 is 9.59 Å². The Kier molecular flexibility index (Phi) is 6.12. The molecule has 5 rings (SSSR count). The van der Waals surface area contributed by atoms with Crippen LogP contribution >= 0.6 is 0 Å². The summed E-state index contributed by atoms with van der Waals surface area (Å²) < 4.78 is 0. The number of fused-ring (bicyclic) bond motifs is 1. The van der Waals surface area contributed by atoms with Crippen molar-refractivity contribution in [1.82, 2.24) is 9.97 Å². The summed E-state index contributed by atoms with van der Waals surface area (Å²) in [6.07, 6.45) is 7.41. The molecule has 0 atom stereocenters. The van der Waals surface area contributed by atoms with E-state index in [0.717, 1.165) is 65.1 Å². The number of H-pyrrole nitrogens is 1. The maximum atomic E-state index is 12.7. The first-order chi connectivity index (χ1) is 16.5. The fraction of sp³-hybridized carbons (Fsp3) is 0.250. The molecule has 0 unspecified atom stereocenters. The van der Waals surface area contributed by atoms with Gasteiger partial charge in [0.1, 0.15) is 0 Å². The van der Waals surface area contributed by atoms with Gasteiger partial charge < -0.3 is 15.6 Å². The lowest BCUT2D eigenvalue weighted by molar-refractivity contribution is -0.121. The Bertz CT molecular complexity index is 1300. The van der Waals surface area contributed by atoms with Crippen LogP contribution in [0.25, 0.3) is 22.2 Å². The molecule has 2 heterocycles. The number of rotatable bonds is 5. The predicted octanol–water partition coefficient (Wildman–Crippen LogP) is 6.25. The van der Waals surface area contributed by atoms with Gasteiger partial charge in [-0.25, -0.2) is 0 Å². The van der Waals surface area contributed by atoms with Crippen LogP contribution in [-0.2, 0) is 4.79 Å². The van der Waals surface area contributed by atoms with E-state index in [-0.39, 0.29) is 17.7 Å². The number of hydrogen-bond donors (Lipinski definition) is 3. The van der Waals surface area contributed by atoms with Gasteiger partial charge in [0.2, 0.25) is 5.91 Å². The van der Waals surface area contributed by atoms with Crippen molar-refractivity contribution in [3.8, 4) is 11.3 Å². The van der Waals surface area contributed by atoms with E-state index in [1.165, 1.54) is 0 Å². The van der Waals surface area contributed by atoms with Crippen LogP contribution in [0.3, 0.4) is 0 Å². The van der Waals surface area contributed by atoms with Crippen LogP contribution in [0.2, 0.25) is 0 Å². The molecule has 2 amide bonds. The highest BCUT2D eigenvalue weighted by molar-refractivity contribution is 6.04. The van der Waals surface area contributed by atoms with Gasteiger partial charge in [-0.05, 0) is 85.7 Å². The Morgan fingerprint density at radius 3 is 2.29 bits per heavy atom. The summed E-state index contributed by atoms with van der Waals surface area (Å²) in [5, 5.41) is 7.05. The number of aromatic nitrogens is 2. The third-order valence-electron chi connectivity index (χ3n) is 6.67. The van der Waals surface area contributed by atoms with E-state index in [1.807, 2.05) is 42.5 Å². The molecule has 3 N–H and O–H groups in total. The number of carbonyl (C=O) groups excluding carboxylic acids is 2. The zero-order valence-corrected chi connectivity index (χ0v) is 19.2. The van der Waals surface area contributed by atoms with Gasteiger partial charge >= 0.3 is 0 Å². The molecule has 0 bridgehead atoms. The number of anilines is 2. The Balaban J connectivity index is 1.27. The molecule has 6 nitrogen and oxygen atoms in total. The highest BCUT2D eigenvalue weighted by Gasteiger charge is 2.24. The minimum absolute atomic E-state index is 0.117. The molecular weight excluding hydrogens is 424 g/mol. The molecule has 1 fully saturated rings. The SMILES string of the molecule is CC1CCC(C(=O)Nc2ccc3[nH]c(-c4ccc(NC(=O)c5ccncc5)cc4)cc3c2)CC1. The zero-order valence-electron chi connectivity index (χ0n) is 19.2. The number of aromatic amines is 1. The van der Waals surface area contributed by atoms with Crippen molar-refractivity contribution >= 4 is 34.1 Å². The van der Waals surface area contributed by atoms with Crippen LogP contribution in [0.4, 0.5) is 11.4 Å². The molecule has 1 aliphatic rings. The van der Waals surface area contributed by atoms with Crippen molar-refractivity contribution in [1.29, 1.82) is 0 Å². The van der Waals surface area contributed by atoms with Crippen molar-refractivity contribution in [2.45, 2.75) is 32.6 Å². The highest BCUT2D eigenvalue weighted by Crippen LogP contribution is 2.30. The summed E-state index contributed by atoms with van der Waals surface area (Å²) in [6.45, 7) is 2.26. The molecule has 1 aliphatic carbocycles. The van der Waals surface area contributed by atoms with Crippen LogP contribution in [0.15, 0.2) is 73.1 Å². The van der Waals surface area contributed by atoms with Gasteiger partial charge in [0.15, 0.2) is 0 Å². The first kappa shape index (κ1) is 21.9. The van der Waals surface area contributed by atoms with Gasteiger partial charge in [0, 0.05) is 51.8 Å². The number of carbonyl (C=O) groups is 2. The molecule has 0 radical (unpaired) electrons. The lowest BCUT2D eigenvalue weighted by atomic mass is 9.82. The van der Waals surface area contributed by atoms with E-state index < -0.39 is 0 Å². The summed E-state index contributed by atoms with van der Waals surface area (Å²) in [4.78, 5) is 32.4. The van der Waals surface area contributed by atoms with Gasteiger partial charge in [-0.3, -0.25) is 14.6 Å². The fourth-order valence-corrected chi connectivity index (χ4v) is 4.57. The summed E-state index contributed by atoms with van der Waals surface area (Å²) in [6, 6.07) is 19.1. The molecule has 0 saturated heterocycles. The van der Waals surface area contributed by atoms with Gasteiger partial charge in [-0.1, -0.05) is 19.1 Å². The maximum Gasteiger partial charge on any atom is 0.255 e. The maximum absolute atomic E-state index is 12.7. The van der Waals surface area contributed by atoms with Gasteiger partial charge in [-0.15, -0.1) is 0 Å². The van der Waals surface area contributed by atoms with E-state index in [1.54, 1.807) is 24.5 Å². The number of nitrogens with zero attached hydrogens (tertiary/aromatic N) is 1. The molecule has 34 heavy (non-hydrogen) atoms. The van der Waals surface area contributed by atoms with Crippen LogP contribution in [-0.4, -0.2) is 21.8 Å². The zero-order chi connectivity index (χ0) is 23.5. The lowest BCUT2D eigenvalue weighted by Crippen LogP contribution is -2.26. The van der Waals surface area contributed by atoms with Gasteiger partial charge in [0.05, 0.1) is 0 Å². The molecule has 0 aliphatic heterocycles. The number of nitrogens with one attached hydrogen (secondary N) is 3. The van der Waals surface area contributed by atoms with E-state index in [2.05, 4.69) is 33.6 Å². The Hall–Kier alpha value is -3.93. The standard InChI is InChI=1S/C28H28N4O2/c1-18-2-4-20(5-3-18)27(33)31-24-10-11-25-22(16-24)17-26(32-25)19-6-8-23(9-7-19)30-28(34)21-12-14-29-15-13-21/h6-18,20,32H,2-5H2,1H3,(H,30,34)(H,31,33).